The van der Waals surface area contributed by atoms with Crippen LogP contribution < -0.4 is 10.6 Å². The molecule has 2 unspecified atom stereocenters. The van der Waals surface area contributed by atoms with Crippen LogP contribution in [0.5, 0.6) is 0 Å². The smallest absolute Gasteiger partial charge is 0.326 e. The third kappa shape index (κ3) is 4.38. The zero-order valence-corrected chi connectivity index (χ0v) is 12.8. The molecule has 1 rings (SSSR count). The molecule has 0 aliphatic heterocycles. The molecule has 0 saturated heterocycles. The average molecular weight is 288 g/mol. The van der Waals surface area contributed by atoms with Crippen molar-refractivity contribution >= 4 is 23.6 Å². The van der Waals surface area contributed by atoms with Gasteiger partial charge in [0.05, 0.1) is 12.9 Å². The van der Waals surface area contributed by atoms with Gasteiger partial charge in [0.2, 0.25) is 5.91 Å². The number of carbonyl (C=O) groups is 2. The van der Waals surface area contributed by atoms with Crippen LogP contribution in [0.25, 0.3) is 0 Å². The molecule has 2 atom stereocenters. The topological polar surface area (TPSA) is 67.4 Å². The van der Waals surface area contributed by atoms with E-state index in [1.54, 1.807) is 18.8 Å². The van der Waals surface area contributed by atoms with Gasteiger partial charge in [0, 0.05) is 11.8 Å². The lowest BCUT2D eigenvalue weighted by atomic mass is 9.81. The molecule has 0 aromatic rings. The molecule has 0 radical (unpaired) electrons. The Labute approximate surface area is 119 Å². The van der Waals surface area contributed by atoms with E-state index in [1.165, 1.54) is 7.11 Å². The molecule has 0 aromatic carbocycles. The van der Waals surface area contributed by atoms with Crippen molar-refractivity contribution in [3.05, 3.63) is 0 Å². The molecule has 0 bridgehead atoms. The molecule has 19 heavy (non-hydrogen) atoms. The molecular weight excluding hydrogens is 264 g/mol. The van der Waals surface area contributed by atoms with Crippen LogP contribution in [-0.2, 0) is 14.3 Å². The lowest BCUT2D eigenvalue weighted by Gasteiger charge is -2.38. The van der Waals surface area contributed by atoms with Crippen molar-refractivity contribution in [2.24, 2.45) is 0 Å². The van der Waals surface area contributed by atoms with Crippen LogP contribution in [0.4, 0.5) is 0 Å². The minimum absolute atomic E-state index is 0.0613. The number of rotatable bonds is 6. The van der Waals surface area contributed by atoms with Gasteiger partial charge in [-0.2, -0.15) is 0 Å². The van der Waals surface area contributed by atoms with E-state index in [0.717, 1.165) is 25.7 Å². The second-order valence-corrected chi connectivity index (χ2v) is 6.10. The van der Waals surface area contributed by atoms with Gasteiger partial charge in [0.25, 0.3) is 0 Å². The zero-order chi connectivity index (χ0) is 14.3. The highest BCUT2D eigenvalue weighted by Crippen LogP contribution is 2.35. The Bertz CT molecular complexity index is 325. The van der Waals surface area contributed by atoms with Crippen LogP contribution >= 0.6 is 11.8 Å². The van der Waals surface area contributed by atoms with Gasteiger partial charge in [-0.1, -0.05) is 0 Å². The summed E-state index contributed by atoms with van der Waals surface area (Å²) in [7, 11) is 3.22. The molecule has 0 heterocycles. The molecule has 5 nitrogen and oxygen atoms in total. The maximum absolute atomic E-state index is 11.9. The van der Waals surface area contributed by atoms with Gasteiger partial charge in [-0.3, -0.25) is 9.59 Å². The van der Waals surface area contributed by atoms with Gasteiger partial charge in [-0.05, 0) is 39.7 Å². The highest BCUT2D eigenvalue weighted by atomic mass is 32.2. The number of methoxy groups -OCH3 is 1. The summed E-state index contributed by atoms with van der Waals surface area (Å²) in [6.45, 7) is 2.57. The van der Waals surface area contributed by atoms with Gasteiger partial charge in [0.15, 0.2) is 0 Å². The van der Waals surface area contributed by atoms with Crippen molar-refractivity contribution in [3.63, 3.8) is 0 Å². The second kappa shape index (κ2) is 7.75. The minimum atomic E-state index is -0.577. The molecule has 1 aliphatic carbocycles. The first-order valence-electron chi connectivity index (χ1n) is 6.73. The van der Waals surface area contributed by atoms with E-state index in [9.17, 15) is 9.59 Å². The van der Waals surface area contributed by atoms with E-state index in [0.29, 0.717) is 17.5 Å². The maximum Gasteiger partial charge on any atom is 0.326 e. The normalized spacial score (nSPS) is 26.8. The molecule has 1 saturated carbocycles. The summed E-state index contributed by atoms with van der Waals surface area (Å²) in [6.07, 6.45) is 3.54. The Kier molecular flexibility index (Phi) is 6.65. The summed E-state index contributed by atoms with van der Waals surface area (Å²) in [5, 5.41) is 6.23. The predicted octanol–water partition coefficient (Wildman–Crippen LogP) is 0.929. The minimum Gasteiger partial charge on any atom is -0.468 e. The van der Waals surface area contributed by atoms with Crippen LogP contribution in [-0.4, -0.2) is 49.1 Å². The van der Waals surface area contributed by atoms with Crippen LogP contribution in [0.3, 0.4) is 0 Å². The number of hydrogen-bond donors (Lipinski definition) is 2. The number of ether oxygens (including phenoxy) is 1. The number of hydrogen-bond acceptors (Lipinski definition) is 5. The summed E-state index contributed by atoms with van der Waals surface area (Å²) in [5.41, 5.74) is -0.577. The largest absolute Gasteiger partial charge is 0.468 e. The fourth-order valence-corrected chi connectivity index (χ4v) is 3.74. The first-order chi connectivity index (χ1) is 9.07. The molecule has 0 spiro atoms. The molecule has 6 heteroatoms. The number of thioether (sulfide) groups is 1. The molecule has 0 aromatic heterocycles. The Morgan fingerprint density at radius 1 is 1.47 bits per heavy atom. The summed E-state index contributed by atoms with van der Waals surface area (Å²) >= 11 is 1.63. The highest BCUT2D eigenvalue weighted by Gasteiger charge is 2.42. The van der Waals surface area contributed by atoms with Gasteiger partial charge in [-0.25, -0.2) is 0 Å². The molecule has 1 aliphatic rings. The molecule has 2 N–H and O–H groups in total. The second-order valence-electron chi connectivity index (χ2n) is 4.81. The lowest BCUT2D eigenvalue weighted by Crippen LogP contribution is -2.54. The van der Waals surface area contributed by atoms with Crippen LogP contribution in [0.15, 0.2) is 0 Å². The van der Waals surface area contributed by atoms with Crippen molar-refractivity contribution < 1.29 is 14.3 Å². The van der Waals surface area contributed by atoms with Crippen molar-refractivity contribution in [3.8, 4) is 0 Å². The third-order valence-corrected chi connectivity index (χ3v) is 4.89. The van der Waals surface area contributed by atoms with Crippen LogP contribution in [0, 0.1) is 0 Å². The first kappa shape index (κ1) is 16.3. The van der Waals surface area contributed by atoms with Crippen LogP contribution in [0.1, 0.15) is 32.6 Å². The van der Waals surface area contributed by atoms with Gasteiger partial charge in [0.1, 0.15) is 5.54 Å². The first-order valence-corrected chi connectivity index (χ1v) is 7.78. The van der Waals surface area contributed by atoms with E-state index < -0.39 is 5.54 Å². The summed E-state index contributed by atoms with van der Waals surface area (Å²) in [4.78, 5) is 23.4. The number of likely N-dealkylation sites (N-methyl/N-ethyl adjacent to an activating group) is 1. The molecule has 110 valence electrons. The van der Waals surface area contributed by atoms with Gasteiger partial charge in [-0.15, -0.1) is 11.8 Å². The summed E-state index contributed by atoms with van der Waals surface area (Å²) in [5.74, 6) is 0.323. The lowest BCUT2D eigenvalue weighted by molar-refractivity contribution is -0.149. The number of carbonyl (C=O) groups excluding carboxylic acids is 2. The number of nitrogens with one attached hydrogen (secondary N) is 2. The standard InChI is InChI=1S/C13H24N2O3S/c1-4-15-11(16)9-19-10-6-5-7-13(8-10,14-2)12(17)18-3/h10,14H,4-9H2,1-3H3,(H,15,16). The average Bonchev–Trinajstić information content (AvgIpc) is 2.44. The van der Waals surface area contributed by atoms with E-state index in [2.05, 4.69) is 10.6 Å². The highest BCUT2D eigenvalue weighted by molar-refractivity contribution is 8.00. The Morgan fingerprint density at radius 3 is 2.79 bits per heavy atom. The summed E-state index contributed by atoms with van der Waals surface area (Å²) < 4.78 is 4.91. The van der Waals surface area contributed by atoms with E-state index in [-0.39, 0.29) is 11.9 Å². The van der Waals surface area contributed by atoms with Crippen molar-refractivity contribution in [1.29, 1.82) is 0 Å². The van der Waals surface area contributed by atoms with E-state index in [1.807, 2.05) is 6.92 Å². The van der Waals surface area contributed by atoms with Crippen molar-refractivity contribution in [1.82, 2.24) is 10.6 Å². The van der Waals surface area contributed by atoms with E-state index >= 15 is 0 Å². The van der Waals surface area contributed by atoms with Crippen molar-refractivity contribution in [2.45, 2.75) is 43.4 Å². The quantitative estimate of drug-likeness (QED) is 0.712. The Balaban J connectivity index is 2.53. The predicted molar refractivity (Wildman–Crippen MR) is 77.2 cm³/mol. The molecule has 1 fully saturated rings. The van der Waals surface area contributed by atoms with E-state index in [4.69, 9.17) is 4.74 Å². The molecular formula is C13H24N2O3S. The monoisotopic (exact) mass is 288 g/mol. The Hall–Kier alpha value is -0.750. The number of amides is 1. The van der Waals surface area contributed by atoms with Gasteiger partial charge >= 0.3 is 5.97 Å². The summed E-state index contributed by atoms with van der Waals surface area (Å²) in [6, 6.07) is 0. The SMILES string of the molecule is CCNC(=O)CSC1CCCC(NC)(C(=O)OC)C1. The zero-order valence-electron chi connectivity index (χ0n) is 12.0. The Morgan fingerprint density at radius 2 is 2.21 bits per heavy atom. The third-order valence-electron chi connectivity index (χ3n) is 3.58. The molecule has 1 amide bonds. The maximum atomic E-state index is 11.9. The fraction of sp³-hybridized carbons (Fsp3) is 0.846. The van der Waals surface area contributed by atoms with Crippen LogP contribution in [0.2, 0.25) is 0 Å². The number of esters is 1. The van der Waals surface area contributed by atoms with Crippen molar-refractivity contribution in [2.75, 3.05) is 26.5 Å². The van der Waals surface area contributed by atoms with Gasteiger partial charge < -0.3 is 15.4 Å². The fourth-order valence-electron chi connectivity index (χ4n) is 2.52.